The summed E-state index contributed by atoms with van der Waals surface area (Å²) in [6.07, 6.45) is 1.37. The second-order valence-corrected chi connectivity index (χ2v) is 8.32. The highest BCUT2D eigenvalue weighted by Gasteiger charge is 2.22. The molecule has 2 heterocycles. The van der Waals surface area contributed by atoms with E-state index in [1.54, 1.807) is 47.0 Å². The fourth-order valence-electron chi connectivity index (χ4n) is 3.53. The zero-order valence-corrected chi connectivity index (χ0v) is 18.9. The molecular weight excluding hydrogens is 440 g/mol. The van der Waals surface area contributed by atoms with Crippen LogP contribution in [0, 0.1) is 0 Å². The van der Waals surface area contributed by atoms with Crippen molar-refractivity contribution in [1.29, 1.82) is 0 Å². The summed E-state index contributed by atoms with van der Waals surface area (Å²) in [5.74, 6) is 0.132. The van der Waals surface area contributed by atoms with Crippen LogP contribution < -0.4 is 16.4 Å². The maximum absolute atomic E-state index is 13.4. The van der Waals surface area contributed by atoms with E-state index in [-0.39, 0.29) is 23.6 Å². The van der Waals surface area contributed by atoms with Gasteiger partial charge in [0.25, 0.3) is 0 Å². The molecule has 2 amide bonds. The molecule has 0 saturated carbocycles. The van der Waals surface area contributed by atoms with Gasteiger partial charge in [0.2, 0.25) is 0 Å². The van der Waals surface area contributed by atoms with Gasteiger partial charge in [0.05, 0.1) is 5.56 Å². The van der Waals surface area contributed by atoms with E-state index >= 15 is 0 Å². The van der Waals surface area contributed by atoms with Crippen LogP contribution in [0.1, 0.15) is 46.9 Å². The average molecular weight is 463 g/mol. The largest absolute Gasteiger partial charge is 0.382 e. The number of nitrogens with two attached hydrogens (primary N) is 1. The van der Waals surface area contributed by atoms with E-state index in [0.717, 1.165) is 11.3 Å². The zero-order valence-electron chi connectivity index (χ0n) is 18.2. The Morgan fingerprint density at radius 2 is 1.88 bits per heavy atom. The molecule has 0 radical (unpaired) electrons. The topological polar surface area (TPSA) is 114 Å². The van der Waals surface area contributed by atoms with Crippen LogP contribution in [0.5, 0.6) is 0 Å². The van der Waals surface area contributed by atoms with E-state index in [1.165, 1.54) is 6.33 Å². The number of carbonyl (C=O) groups excluding carboxylic acids is 2. The van der Waals surface area contributed by atoms with Gasteiger partial charge in [-0.25, -0.2) is 14.3 Å². The molecule has 0 fully saturated rings. The van der Waals surface area contributed by atoms with Crippen molar-refractivity contribution in [2.75, 3.05) is 11.1 Å². The highest BCUT2D eigenvalue weighted by molar-refractivity contribution is 6.30. The lowest BCUT2D eigenvalue weighted by Crippen LogP contribution is -2.28. The Balaban J connectivity index is 1.54. The summed E-state index contributed by atoms with van der Waals surface area (Å²) in [4.78, 5) is 29.7. The van der Waals surface area contributed by atoms with Gasteiger partial charge >= 0.3 is 6.03 Å². The third-order valence-corrected chi connectivity index (χ3v) is 5.45. The van der Waals surface area contributed by atoms with Gasteiger partial charge in [-0.3, -0.25) is 4.79 Å². The second kappa shape index (κ2) is 9.30. The van der Waals surface area contributed by atoms with Crippen LogP contribution in [0.2, 0.25) is 5.02 Å². The number of benzene rings is 2. The van der Waals surface area contributed by atoms with Crippen molar-refractivity contribution in [3.63, 3.8) is 0 Å². The number of nitrogen functional groups attached to an aromatic ring is 1. The Labute approximate surface area is 195 Å². The molecule has 8 nitrogen and oxygen atoms in total. The van der Waals surface area contributed by atoms with E-state index in [9.17, 15) is 9.59 Å². The number of nitrogens with zero attached hydrogens (tertiary/aromatic N) is 3. The third kappa shape index (κ3) is 4.80. The van der Waals surface area contributed by atoms with Gasteiger partial charge in [-0.05, 0) is 41.8 Å². The van der Waals surface area contributed by atoms with Crippen LogP contribution in [0.3, 0.4) is 0 Å². The molecule has 2 aromatic heterocycles. The Morgan fingerprint density at radius 1 is 1.12 bits per heavy atom. The van der Waals surface area contributed by atoms with Crippen LogP contribution in [-0.4, -0.2) is 26.4 Å². The van der Waals surface area contributed by atoms with Gasteiger partial charge in [-0.2, -0.15) is 5.10 Å². The lowest BCUT2D eigenvalue weighted by molar-refractivity contribution is 0.104. The minimum Gasteiger partial charge on any atom is -0.382 e. The summed E-state index contributed by atoms with van der Waals surface area (Å²) in [5, 5.41) is 10.4. The number of aromatic nitrogens is 3. The summed E-state index contributed by atoms with van der Waals surface area (Å²) in [6.45, 7) is 4.37. The quantitative estimate of drug-likeness (QED) is 0.361. The van der Waals surface area contributed by atoms with Crippen molar-refractivity contribution in [2.24, 2.45) is 0 Å². The van der Waals surface area contributed by atoms with Crippen molar-refractivity contribution in [3.05, 3.63) is 88.3 Å². The first kappa shape index (κ1) is 22.3. The molecule has 168 valence electrons. The summed E-state index contributed by atoms with van der Waals surface area (Å²) < 4.78 is 1.66. The Morgan fingerprint density at radius 3 is 2.61 bits per heavy atom. The van der Waals surface area contributed by atoms with Crippen molar-refractivity contribution in [3.8, 4) is 0 Å². The second-order valence-electron chi connectivity index (χ2n) is 7.89. The van der Waals surface area contributed by atoms with Gasteiger partial charge in [0.1, 0.15) is 11.8 Å². The summed E-state index contributed by atoms with van der Waals surface area (Å²) in [7, 11) is 0. The molecule has 4 rings (SSSR count). The summed E-state index contributed by atoms with van der Waals surface area (Å²) in [5.41, 5.74) is 9.65. The number of hydrogen-bond acceptors (Lipinski definition) is 5. The first-order valence-electron chi connectivity index (χ1n) is 10.4. The number of halogens is 1. The molecule has 4 aromatic rings. The molecule has 2 aromatic carbocycles. The number of rotatable bonds is 6. The van der Waals surface area contributed by atoms with Gasteiger partial charge in [0, 0.05) is 28.5 Å². The lowest BCUT2D eigenvalue weighted by atomic mass is 10.0. The minimum atomic E-state index is -0.386. The van der Waals surface area contributed by atoms with E-state index in [0.29, 0.717) is 33.9 Å². The molecule has 9 heteroatoms. The van der Waals surface area contributed by atoms with Crippen LogP contribution in [-0.2, 0) is 6.54 Å². The number of hydrogen-bond donors (Lipinski definition) is 3. The predicted octanol–water partition coefficient (Wildman–Crippen LogP) is 4.64. The van der Waals surface area contributed by atoms with E-state index in [2.05, 4.69) is 20.7 Å². The highest BCUT2D eigenvalue weighted by atomic mass is 35.5. The number of amides is 2. The molecule has 0 aliphatic carbocycles. The first-order chi connectivity index (χ1) is 15.8. The minimum absolute atomic E-state index is 0.130. The SMILES string of the molecule is CC(C)c1cc(C(=O)c2cccc(NC(=O)NCc3ccc(Cl)cc3)c2)c2c(N)ncnn12. The van der Waals surface area contributed by atoms with Gasteiger partial charge < -0.3 is 16.4 Å². The van der Waals surface area contributed by atoms with Crippen molar-refractivity contribution in [2.45, 2.75) is 26.3 Å². The lowest BCUT2D eigenvalue weighted by Gasteiger charge is -2.09. The molecular formula is C24H23ClN6O2. The van der Waals surface area contributed by atoms with Crippen molar-refractivity contribution < 1.29 is 9.59 Å². The van der Waals surface area contributed by atoms with E-state index in [1.807, 2.05) is 26.0 Å². The van der Waals surface area contributed by atoms with Crippen molar-refractivity contribution in [1.82, 2.24) is 19.9 Å². The Hall–Kier alpha value is -3.91. The first-order valence-corrected chi connectivity index (χ1v) is 10.8. The normalized spacial score (nSPS) is 11.0. The maximum atomic E-state index is 13.4. The fraction of sp³-hybridized carbons (Fsp3) is 0.167. The van der Waals surface area contributed by atoms with Gasteiger partial charge in [0.15, 0.2) is 11.6 Å². The number of ketones is 1. The maximum Gasteiger partial charge on any atom is 0.319 e. The number of urea groups is 1. The molecule has 0 aliphatic rings. The molecule has 0 unspecified atom stereocenters. The average Bonchev–Trinajstić information content (AvgIpc) is 3.20. The molecule has 0 spiro atoms. The molecule has 4 N–H and O–H groups in total. The Kier molecular flexibility index (Phi) is 6.28. The zero-order chi connectivity index (χ0) is 23.5. The molecule has 0 atom stereocenters. The number of nitrogens with one attached hydrogen (secondary N) is 2. The fourth-order valence-corrected chi connectivity index (χ4v) is 3.66. The van der Waals surface area contributed by atoms with Crippen LogP contribution in [0.15, 0.2) is 60.9 Å². The van der Waals surface area contributed by atoms with E-state index in [4.69, 9.17) is 17.3 Å². The molecule has 0 bridgehead atoms. The van der Waals surface area contributed by atoms with Crippen LogP contribution in [0.4, 0.5) is 16.3 Å². The Bertz CT molecular complexity index is 1330. The van der Waals surface area contributed by atoms with E-state index < -0.39 is 0 Å². The number of fused-ring (bicyclic) bond motifs is 1. The summed E-state index contributed by atoms with van der Waals surface area (Å²) in [6, 6.07) is 15.4. The van der Waals surface area contributed by atoms with Crippen LogP contribution >= 0.6 is 11.6 Å². The molecule has 33 heavy (non-hydrogen) atoms. The number of carbonyl (C=O) groups is 2. The summed E-state index contributed by atoms with van der Waals surface area (Å²) >= 11 is 5.88. The predicted molar refractivity (Wildman–Crippen MR) is 129 cm³/mol. The number of anilines is 2. The molecule has 0 aliphatic heterocycles. The smallest absolute Gasteiger partial charge is 0.319 e. The van der Waals surface area contributed by atoms with Crippen molar-refractivity contribution >= 4 is 40.4 Å². The van der Waals surface area contributed by atoms with Crippen LogP contribution in [0.25, 0.3) is 5.52 Å². The van der Waals surface area contributed by atoms with Gasteiger partial charge in [-0.1, -0.05) is 49.7 Å². The molecule has 0 saturated heterocycles. The van der Waals surface area contributed by atoms with Gasteiger partial charge in [-0.15, -0.1) is 0 Å². The third-order valence-electron chi connectivity index (χ3n) is 5.20. The monoisotopic (exact) mass is 462 g/mol. The standard InChI is InChI=1S/C24H23ClN6O2/c1-14(2)20-11-19(21-23(26)28-13-29-31(20)21)22(32)16-4-3-5-18(10-16)30-24(33)27-12-15-6-8-17(25)9-7-15/h3-11,13-14H,12H2,1-2H3,(H2,26,28,29)(H2,27,30,33). The highest BCUT2D eigenvalue weighted by Crippen LogP contribution is 2.27.